The molecule has 0 aliphatic rings. The van der Waals surface area contributed by atoms with Crippen molar-refractivity contribution in [1.82, 2.24) is 9.97 Å². The number of nitrogens with two attached hydrogens (primary N) is 1. The number of nitrogens with one attached hydrogen (secondary N) is 1. The minimum atomic E-state index is -0.130. The maximum absolute atomic E-state index is 11.6. The maximum atomic E-state index is 11.6. The zero-order valence-corrected chi connectivity index (χ0v) is 10.1. The molecule has 0 spiro atoms. The van der Waals surface area contributed by atoms with Gasteiger partial charge in [0.15, 0.2) is 0 Å². The highest BCUT2D eigenvalue weighted by Gasteiger charge is 2.07. The minimum absolute atomic E-state index is 0.130. The SMILES string of the molecule is CCCCCc1cc2nc(N)[nH]c(=O)c2s1. The third-order valence-electron chi connectivity index (χ3n) is 2.48. The first-order valence-electron chi connectivity index (χ1n) is 5.49. The molecule has 16 heavy (non-hydrogen) atoms. The number of nitrogens with zero attached hydrogens (tertiary/aromatic N) is 1. The second kappa shape index (κ2) is 4.65. The molecular formula is C11H15N3OS. The van der Waals surface area contributed by atoms with Gasteiger partial charge in [-0.3, -0.25) is 9.78 Å². The van der Waals surface area contributed by atoms with Crippen molar-refractivity contribution in [3.63, 3.8) is 0 Å². The van der Waals surface area contributed by atoms with Crippen molar-refractivity contribution in [2.24, 2.45) is 0 Å². The summed E-state index contributed by atoms with van der Waals surface area (Å²) in [6.45, 7) is 2.18. The maximum Gasteiger partial charge on any atom is 0.270 e. The van der Waals surface area contributed by atoms with E-state index < -0.39 is 0 Å². The molecule has 0 aromatic carbocycles. The van der Waals surface area contributed by atoms with Gasteiger partial charge >= 0.3 is 0 Å². The van der Waals surface area contributed by atoms with Gasteiger partial charge in [0.1, 0.15) is 4.70 Å². The highest BCUT2D eigenvalue weighted by Crippen LogP contribution is 2.22. The van der Waals surface area contributed by atoms with Crippen molar-refractivity contribution in [2.45, 2.75) is 32.6 Å². The number of anilines is 1. The van der Waals surface area contributed by atoms with E-state index in [2.05, 4.69) is 16.9 Å². The Morgan fingerprint density at radius 1 is 1.50 bits per heavy atom. The molecule has 86 valence electrons. The smallest absolute Gasteiger partial charge is 0.270 e. The van der Waals surface area contributed by atoms with Crippen LogP contribution in [0.25, 0.3) is 10.2 Å². The highest BCUT2D eigenvalue weighted by atomic mass is 32.1. The standard InChI is InChI=1S/C11H15N3OS/c1-2-3-4-5-7-6-8-9(16-7)10(15)14-11(12)13-8/h6H,2-5H2,1H3,(H3,12,13,14,15). The number of unbranched alkanes of at least 4 members (excludes halogenated alkanes) is 2. The summed E-state index contributed by atoms with van der Waals surface area (Å²) in [7, 11) is 0. The van der Waals surface area contributed by atoms with Crippen LogP contribution in [0.2, 0.25) is 0 Å². The Labute approximate surface area is 97.5 Å². The average molecular weight is 237 g/mol. The van der Waals surface area contributed by atoms with Crippen LogP contribution >= 0.6 is 11.3 Å². The first-order valence-corrected chi connectivity index (χ1v) is 6.30. The van der Waals surface area contributed by atoms with E-state index in [1.807, 2.05) is 6.07 Å². The molecule has 0 saturated heterocycles. The minimum Gasteiger partial charge on any atom is -0.369 e. The Kier molecular flexibility index (Phi) is 3.24. The monoisotopic (exact) mass is 237 g/mol. The number of thiophene rings is 1. The van der Waals surface area contributed by atoms with E-state index >= 15 is 0 Å². The van der Waals surface area contributed by atoms with Gasteiger partial charge in [0.05, 0.1) is 5.52 Å². The number of hydrogen-bond acceptors (Lipinski definition) is 4. The van der Waals surface area contributed by atoms with Crippen LogP contribution in [0, 0.1) is 0 Å². The Morgan fingerprint density at radius 3 is 3.06 bits per heavy atom. The lowest BCUT2D eigenvalue weighted by atomic mass is 10.2. The van der Waals surface area contributed by atoms with Gasteiger partial charge in [-0.15, -0.1) is 11.3 Å². The van der Waals surface area contributed by atoms with E-state index in [0.29, 0.717) is 4.70 Å². The van der Waals surface area contributed by atoms with Crippen molar-refractivity contribution in [3.05, 3.63) is 21.3 Å². The normalized spacial score (nSPS) is 11.1. The lowest BCUT2D eigenvalue weighted by molar-refractivity contribution is 0.723. The van der Waals surface area contributed by atoms with E-state index in [0.717, 1.165) is 18.4 Å². The molecule has 0 aliphatic carbocycles. The fraction of sp³-hybridized carbons (Fsp3) is 0.455. The fourth-order valence-corrected chi connectivity index (χ4v) is 2.71. The number of rotatable bonds is 4. The molecule has 0 bridgehead atoms. The van der Waals surface area contributed by atoms with Crippen molar-refractivity contribution in [2.75, 3.05) is 5.73 Å². The van der Waals surface area contributed by atoms with Gasteiger partial charge in [0.2, 0.25) is 5.95 Å². The molecule has 0 aliphatic heterocycles. The van der Waals surface area contributed by atoms with Crippen LogP contribution in [0.4, 0.5) is 5.95 Å². The zero-order valence-electron chi connectivity index (χ0n) is 9.25. The van der Waals surface area contributed by atoms with Crippen molar-refractivity contribution in [1.29, 1.82) is 0 Å². The highest BCUT2D eigenvalue weighted by molar-refractivity contribution is 7.18. The van der Waals surface area contributed by atoms with Gasteiger partial charge in [-0.25, -0.2) is 4.98 Å². The summed E-state index contributed by atoms with van der Waals surface area (Å²) in [5.41, 5.74) is 6.08. The molecule has 0 radical (unpaired) electrons. The van der Waals surface area contributed by atoms with Crippen LogP contribution in [-0.4, -0.2) is 9.97 Å². The third-order valence-corrected chi connectivity index (χ3v) is 3.66. The molecule has 2 aromatic heterocycles. The molecule has 4 nitrogen and oxygen atoms in total. The van der Waals surface area contributed by atoms with Gasteiger partial charge in [-0.05, 0) is 18.9 Å². The molecule has 0 saturated carbocycles. The summed E-state index contributed by atoms with van der Waals surface area (Å²) in [6.07, 6.45) is 4.61. The van der Waals surface area contributed by atoms with Crippen LogP contribution in [0.15, 0.2) is 10.9 Å². The van der Waals surface area contributed by atoms with E-state index in [1.54, 1.807) is 0 Å². The molecular weight excluding hydrogens is 222 g/mol. The molecule has 5 heteroatoms. The van der Waals surface area contributed by atoms with Crippen LogP contribution < -0.4 is 11.3 Å². The summed E-state index contributed by atoms with van der Waals surface area (Å²) >= 11 is 1.52. The molecule has 0 unspecified atom stereocenters. The summed E-state index contributed by atoms with van der Waals surface area (Å²) in [5.74, 6) is 0.190. The number of H-pyrrole nitrogens is 1. The topological polar surface area (TPSA) is 71.8 Å². The average Bonchev–Trinajstić information content (AvgIpc) is 2.61. The van der Waals surface area contributed by atoms with Crippen molar-refractivity contribution in [3.8, 4) is 0 Å². The molecule has 0 amide bonds. The van der Waals surface area contributed by atoms with Gasteiger partial charge in [-0.1, -0.05) is 19.8 Å². The molecule has 2 aromatic rings. The van der Waals surface area contributed by atoms with E-state index in [-0.39, 0.29) is 11.5 Å². The zero-order chi connectivity index (χ0) is 11.5. The second-order valence-electron chi connectivity index (χ2n) is 3.84. The lowest BCUT2D eigenvalue weighted by Crippen LogP contribution is -2.09. The first kappa shape index (κ1) is 11.1. The van der Waals surface area contributed by atoms with E-state index in [9.17, 15) is 4.79 Å². The number of aromatic amines is 1. The van der Waals surface area contributed by atoms with Gasteiger partial charge in [-0.2, -0.15) is 0 Å². The van der Waals surface area contributed by atoms with Crippen molar-refractivity contribution >= 4 is 27.5 Å². The Morgan fingerprint density at radius 2 is 2.31 bits per heavy atom. The van der Waals surface area contributed by atoms with Gasteiger partial charge < -0.3 is 5.73 Å². The van der Waals surface area contributed by atoms with Gasteiger partial charge in [0.25, 0.3) is 5.56 Å². The Hall–Kier alpha value is -1.36. The quantitative estimate of drug-likeness (QED) is 0.801. The van der Waals surface area contributed by atoms with E-state index in [4.69, 9.17) is 5.73 Å². The van der Waals surface area contributed by atoms with Crippen LogP contribution in [0.5, 0.6) is 0 Å². The predicted molar refractivity (Wildman–Crippen MR) is 67.9 cm³/mol. The number of aromatic nitrogens is 2. The first-order chi connectivity index (χ1) is 7.70. The largest absolute Gasteiger partial charge is 0.369 e. The fourth-order valence-electron chi connectivity index (χ4n) is 1.68. The van der Waals surface area contributed by atoms with Gasteiger partial charge in [0, 0.05) is 4.88 Å². The Bertz CT molecular complexity index is 544. The summed E-state index contributed by atoms with van der Waals surface area (Å²) < 4.78 is 0.681. The predicted octanol–water partition coefficient (Wildman–Crippen LogP) is 2.30. The Balaban J connectivity index is 2.29. The van der Waals surface area contributed by atoms with Crippen molar-refractivity contribution < 1.29 is 0 Å². The molecule has 2 heterocycles. The summed E-state index contributed by atoms with van der Waals surface area (Å²) in [5, 5.41) is 0. The molecule has 2 rings (SSSR count). The van der Waals surface area contributed by atoms with Crippen LogP contribution in [0.1, 0.15) is 31.1 Å². The lowest BCUT2D eigenvalue weighted by Gasteiger charge is -1.93. The second-order valence-corrected chi connectivity index (χ2v) is 4.97. The molecule has 0 atom stereocenters. The molecule has 3 N–H and O–H groups in total. The van der Waals surface area contributed by atoms with E-state index in [1.165, 1.54) is 29.1 Å². The van der Waals surface area contributed by atoms with Crippen LogP contribution in [0.3, 0.4) is 0 Å². The summed E-state index contributed by atoms with van der Waals surface area (Å²) in [4.78, 5) is 19.4. The van der Waals surface area contributed by atoms with Crippen LogP contribution in [-0.2, 0) is 6.42 Å². The number of hydrogen-bond donors (Lipinski definition) is 2. The number of nitrogen functional groups attached to an aromatic ring is 1. The molecule has 0 fully saturated rings. The number of fused-ring (bicyclic) bond motifs is 1. The number of aryl methyl sites for hydroxylation is 1. The summed E-state index contributed by atoms with van der Waals surface area (Å²) in [6, 6.07) is 1.97. The third kappa shape index (κ3) is 2.24.